The molecule has 1 N–H and O–H groups in total. The Labute approximate surface area is 182 Å². The van der Waals surface area contributed by atoms with Crippen LogP contribution >= 0.6 is 0 Å². The van der Waals surface area contributed by atoms with Gasteiger partial charge in [0.25, 0.3) is 0 Å². The molecule has 10 atom stereocenters. The van der Waals surface area contributed by atoms with E-state index in [4.69, 9.17) is 4.74 Å². The Morgan fingerprint density at radius 2 is 1.87 bits per heavy atom. The predicted octanol–water partition coefficient (Wildman–Crippen LogP) is 5.50. The number of nitrogens with one attached hydrogen (secondary N) is 1. The van der Waals surface area contributed by atoms with Crippen LogP contribution in [0.3, 0.4) is 0 Å². The summed E-state index contributed by atoms with van der Waals surface area (Å²) < 4.78 is 6.99. The van der Waals surface area contributed by atoms with E-state index in [1.807, 2.05) is 6.08 Å². The van der Waals surface area contributed by atoms with Crippen LogP contribution in [0.2, 0.25) is 0 Å². The molecule has 3 heteroatoms. The summed E-state index contributed by atoms with van der Waals surface area (Å²) in [5, 5.41) is 3.88. The monoisotopic (exact) mass is 411 g/mol. The Hall–Kier alpha value is -0.670. The molecule has 0 bridgehead atoms. The standard InChI is InChI=1S/C27H41NO2/c1-16-7-12-27(28-15-16)17(2)24-23(30-27)14-22-20-6-5-18-13-19(29)8-10-25(18,3)21(20)9-11-26(22,24)4/h13,16-17,20-24,28H,5-12,14-15H2,1-4H3/t16-,17+,20-,21+,22+,23+,24+,25+,26-,27-/m1/s1. The summed E-state index contributed by atoms with van der Waals surface area (Å²) in [7, 11) is 0. The molecule has 0 aromatic rings. The largest absolute Gasteiger partial charge is 0.357 e. The van der Waals surface area contributed by atoms with Crippen LogP contribution in [-0.2, 0) is 9.53 Å². The number of carbonyl (C=O) groups is 1. The van der Waals surface area contributed by atoms with Crippen LogP contribution in [0.15, 0.2) is 11.6 Å². The van der Waals surface area contributed by atoms with Crippen molar-refractivity contribution in [2.75, 3.05) is 6.54 Å². The summed E-state index contributed by atoms with van der Waals surface area (Å²) >= 11 is 0. The average molecular weight is 412 g/mol. The number of ether oxygens (including phenoxy) is 1. The summed E-state index contributed by atoms with van der Waals surface area (Å²) in [6, 6.07) is 0. The number of ketones is 1. The number of fused-ring (bicyclic) bond motifs is 7. The van der Waals surface area contributed by atoms with Crippen LogP contribution in [0.5, 0.6) is 0 Å². The van der Waals surface area contributed by atoms with Crippen molar-refractivity contribution in [2.24, 2.45) is 46.3 Å². The van der Waals surface area contributed by atoms with Crippen LogP contribution in [0, 0.1) is 46.3 Å². The van der Waals surface area contributed by atoms with Crippen LogP contribution in [0.1, 0.15) is 85.5 Å². The smallest absolute Gasteiger partial charge is 0.155 e. The van der Waals surface area contributed by atoms with Gasteiger partial charge in [-0.15, -0.1) is 0 Å². The first-order chi connectivity index (χ1) is 14.3. The number of allylic oxidation sites excluding steroid dienone is 1. The fourth-order valence-electron chi connectivity index (χ4n) is 9.76. The van der Waals surface area contributed by atoms with Gasteiger partial charge in [0.2, 0.25) is 0 Å². The lowest BCUT2D eigenvalue weighted by atomic mass is 9.46. The highest BCUT2D eigenvalue weighted by Gasteiger charge is 2.68. The summed E-state index contributed by atoms with van der Waals surface area (Å²) in [6.45, 7) is 11.1. The van der Waals surface area contributed by atoms with Crippen molar-refractivity contribution in [3.63, 3.8) is 0 Å². The Morgan fingerprint density at radius 3 is 2.63 bits per heavy atom. The molecule has 5 fully saturated rings. The third kappa shape index (κ3) is 2.48. The molecule has 2 saturated heterocycles. The average Bonchev–Trinajstić information content (AvgIpc) is 3.16. The van der Waals surface area contributed by atoms with Gasteiger partial charge in [0.1, 0.15) is 5.72 Å². The van der Waals surface area contributed by atoms with E-state index in [2.05, 4.69) is 33.0 Å². The Kier molecular flexibility index (Phi) is 4.29. The zero-order chi connectivity index (χ0) is 20.9. The number of hydrogen-bond donors (Lipinski definition) is 1. The Morgan fingerprint density at radius 1 is 1.03 bits per heavy atom. The number of hydrogen-bond acceptors (Lipinski definition) is 3. The maximum absolute atomic E-state index is 12.1. The zero-order valence-corrected chi connectivity index (χ0v) is 19.5. The highest BCUT2D eigenvalue weighted by Crippen LogP contribution is 2.70. The summed E-state index contributed by atoms with van der Waals surface area (Å²) in [5.74, 6) is 4.89. The molecule has 6 rings (SSSR count). The van der Waals surface area contributed by atoms with E-state index < -0.39 is 0 Å². The number of carbonyl (C=O) groups excluding carboxylic acids is 1. The molecular formula is C27H41NO2. The van der Waals surface area contributed by atoms with Gasteiger partial charge in [0.15, 0.2) is 5.78 Å². The van der Waals surface area contributed by atoms with Crippen LogP contribution in [-0.4, -0.2) is 24.2 Å². The van der Waals surface area contributed by atoms with Gasteiger partial charge in [0, 0.05) is 18.9 Å². The van der Waals surface area contributed by atoms with Gasteiger partial charge in [-0.1, -0.05) is 33.3 Å². The molecule has 0 amide bonds. The third-order valence-electron chi connectivity index (χ3n) is 11.4. The van der Waals surface area contributed by atoms with Crippen LogP contribution < -0.4 is 5.32 Å². The van der Waals surface area contributed by atoms with Gasteiger partial charge in [-0.3, -0.25) is 10.1 Å². The molecule has 0 unspecified atom stereocenters. The second-order valence-electron chi connectivity index (χ2n) is 12.6. The molecule has 6 aliphatic rings. The fraction of sp³-hybridized carbons (Fsp3) is 0.889. The van der Waals surface area contributed by atoms with Gasteiger partial charge < -0.3 is 4.74 Å². The highest BCUT2D eigenvalue weighted by molar-refractivity contribution is 5.91. The first kappa shape index (κ1) is 20.0. The normalized spacial score (nSPS) is 57.4. The van der Waals surface area contributed by atoms with E-state index in [1.54, 1.807) is 0 Å². The van der Waals surface area contributed by atoms with E-state index in [-0.39, 0.29) is 11.1 Å². The molecular weight excluding hydrogens is 370 g/mol. The molecule has 3 nitrogen and oxygen atoms in total. The van der Waals surface area contributed by atoms with Crippen molar-refractivity contribution in [1.82, 2.24) is 5.32 Å². The summed E-state index contributed by atoms with van der Waals surface area (Å²) in [6.07, 6.45) is 13.3. The van der Waals surface area contributed by atoms with Crippen molar-refractivity contribution < 1.29 is 9.53 Å². The molecule has 30 heavy (non-hydrogen) atoms. The second-order valence-corrected chi connectivity index (χ2v) is 12.6. The van der Waals surface area contributed by atoms with Crippen LogP contribution in [0.4, 0.5) is 0 Å². The molecule has 0 aromatic heterocycles. The van der Waals surface area contributed by atoms with Gasteiger partial charge in [0.05, 0.1) is 6.10 Å². The number of rotatable bonds is 0. The molecule has 2 aliphatic heterocycles. The maximum Gasteiger partial charge on any atom is 0.155 e. The number of piperidine rings is 1. The Bertz CT molecular complexity index is 780. The van der Waals surface area contributed by atoms with Crippen molar-refractivity contribution in [1.29, 1.82) is 0 Å². The van der Waals surface area contributed by atoms with Gasteiger partial charge in [-0.25, -0.2) is 0 Å². The minimum absolute atomic E-state index is 0.0507. The van der Waals surface area contributed by atoms with Crippen molar-refractivity contribution in [2.45, 2.75) is 97.3 Å². The highest BCUT2D eigenvalue weighted by atomic mass is 16.5. The first-order valence-electron chi connectivity index (χ1n) is 12.9. The fourth-order valence-corrected chi connectivity index (χ4v) is 9.76. The van der Waals surface area contributed by atoms with E-state index in [0.29, 0.717) is 29.1 Å². The summed E-state index contributed by atoms with van der Waals surface area (Å²) in [5.41, 5.74) is 2.16. The van der Waals surface area contributed by atoms with Crippen LogP contribution in [0.25, 0.3) is 0 Å². The van der Waals surface area contributed by atoms with Gasteiger partial charge >= 0.3 is 0 Å². The quantitative estimate of drug-likeness (QED) is 0.572. The van der Waals surface area contributed by atoms with E-state index in [1.165, 1.54) is 44.1 Å². The van der Waals surface area contributed by atoms with Gasteiger partial charge in [-0.2, -0.15) is 0 Å². The molecule has 2 heterocycles. The topological polar surface area (TPSA) is 38.3 Å². The molecule has 166 valence electrons. The molecule has 0 aromatic carbocycles. The summed E-state index contributed by atoms with van der Waals surface area (Å²) in [4.78, 5) is 12.1. The SMILES string of the molecule is C[C@@H]1CC[C@@]2(NC1)O[C@H]1C[C@H]3[C@@H]4CCC5=CC(=O)CC[C@]5(C)[C@H]4CC[C@@]3(C)[C@H]1[C@@H]2C. The molecule has 4 aliphatic carbocycles. The lowest BCUT2D eigenvalue weighted by Gasteiger charge is -2.58. The van der Waals surface area contributed by atoms with E-state index in [0.717, 1.165) is 49.5 Å². The third-order valence-corrected chi connectivity index (χ3v) is 11.4. The lowest BCUT2D eigenvalue weighted by Crippen LogP contribution is -2.57. The second kappa shape index (κ2) is 6.44. The van der Waals surface area contributed by atoms with Crippen molar-refractivity contribution in [3.8, 4) is 0 Å². The van der Waals surface area contributed by atoms with E-state index in [9.17, 15) is 4.79 Å². The molecule has 3 saturated carbocycles. The molecule has 0 radical (unpaired) electrons. The van der Waals surface area contributed by atoms with E-state index >= 15 is 0 Å². The van der Waals surface area contributed by atoms with Crippen molar-refractivity contribution in [3.05, 3.63) is 11.6 Å². The molecule has 1 spiro atoms. The van der Waals surface area contributed by atoms with Crippen molar-refractivity contribution >= 4 is 5.78 Å². The minimum Gasteiger partial charge on any atom is -0.357 e. The maximum atomic E-state index is 12.1. The minimum atomic E-state index is -0.0507. The Balaban J connectivity index is 1.28. The zero-order valence-electron chi connectivity index (χ0n) is 19.5. The van der Waals surface area contributed by atoms with Gasteiger partial charge in [-0.05, 0) is 97.9 Å². The first-order valence-corrected chi connectivity index (χ1v) is 12.9. The predicted molar refractivity (Wildman–Crippen MR) is 119 cm³/mol. The lowest BCUT2D eigenvalue weighted by molar-refractivity contribution is -0.120.